The molecule has 0 fully saturated rings. The van der Waals surface area contributed by atoms with Crippen molar-refractivity contribution in [3.05, 3.63) is 16.0 Å². The summed E-state index contributed by atoms with van der Waals surface area (Å²) < 4.78 is 1.03. The van der Waals surface area contributed by atoms with Crippen LogP contribution in [0.2, 0.25) is 0 Å². The Balaban J connectivity index is 2.97. The van der Waals surface area contributed by atoms with Crippen LogP contribution in [-0.2, 0) is 0 Å². The van der Waals surface area contributed by atoms with Crippen molar-refractivity contribution in [1.82, 2.24) is 14.9 Å². The highest BCUT2D eigenvalue weighted by Gasteiger charge is 2.05. The second-order valence-corrected chi connectivity index (χ2v) is 4.47. The third-order valence-electron chi connectivity index (χ3n) is 1.33. The molecule has 0 bridgehead atoms. The van der Waals surface area contributed by atoms with Crippen LogP contribution in [0.15, 0.2) is 9.95 Å². The van der Waals surface area contributed by atoms with Gasteiger partial charge in [-0.05, 0) is 13.2 Å². The van der Waals surface area contributed by atoms with Gasteiger partial charge in [0, 0.05) is 5.08 Å². The minimum Gasteiger partial charge on any atom is -0.334 e. The molecule has 0 aliphatic rings. The SMILES string of the molecule is CSCSc1nnc(C)c(=O)n1N. The maximum absolute atomic E-state index is 11.3. The van der Waals surface area contributed by atoms with Crippen molar-refractivity contribution in [3.63, 3.8) is 0 Å². The van der Waals surface area contributed by atoms with Crippen LogP contribution in [0.1, 0.15) is 5.69 Å². The van der Waals surface area contributed by atoms with Gasteiger partial charge in [-0.25, -0.2) is 0 Å². The summed E-state index contributed by atoms with van der Waals surface area (Å²) in [7, 11) is 0. The monoisotopic (exact) mass is 218 g/mol. The summed E-state index contributed by atoms with van der Waals surface area (Å²) in [6, 6.07) is 0. The van der Waals surface area contributed by atoms with E-state index in [1.807, 2.05) is 6.26 Å². The number of aryl methyl sites for hydroxylation is 1. The fourth-order valence-corrected chi connectivity index (χ4v) is 1.89. The van der Waals surface area contributed by atoms with Crippen LogP contribution in [0.4, 0.5) is 0 Å². The number of aromatic nitrogens is 3. The zero-order chi connectivity index (χ0) is 9.84. The fraction of sp³-hybridized carbons (Fsp3) is 0.500. The number of hydrogen-bond acceptors (Lipinski definition) is 6. The van der Waals surface area contributed by atoms with Gasteiger partial charge >= 0.3 is 0 Å². The summed E-state index contributed by atoms with van der Waals surface area (Å²) in [5.74, 6) is 5.50. The highest BCUT2D eigenvalue weighted by Crippen LogP contribution is 2.15. The molecule has 0 aliphatic carbocycles. The lowest BCUT2D eigenvalue weighted by atomic mass is 10.5. The summed E-state index contributed by atoms with van der Waals surface area (Å²) >= 11 is 3.04. The Kier molecular flexibility index (Phi) is 3.61. The van der Waals surface area contributed by atoms with Gasteiger partial charge in [0.2, 0.25) is 5.16 Å². The van der Waals surface area contributed by atoms with Crippen LogP contribution >= 0.6 is 23.5 Å². The number of hydrogen-bond donors (Lipinski definition) is 1. The van der Waals surface area contributed by atoms with Gasteiger partial charge in [0.15, 0.2) is 0 Å². The predicted octanol–water partition coefficient (Wildman–Crippen LogP) is 0.0731. The number of nitrogen functional groups attached to an aromatic ring is 1. The maximum Gasteiger partial charge on any atom is 0.294 e. The van der Waals surface area contributed by atoms with Crippen molar-refractivity contribution in [2.45, 2.75) is 12.1 Å². The van der Waals surface area contributed by atoms with E-state index >= 15 is 0 Å². The van der Waals surface area contributed by atoms with Crippen LogP contribution < -0.4 is 11.4 Å². The normalized spacial score (nSPS) is 10.3. The van der Waals surface area contributed by atoms with Crippen molar-refractivity contribution in [3.8, 4) is 0 Å². The topological polar surface area (TPSA) is 73.8 Å². The largest absolute Gasteiger partial charge is 0.334 e. The molecular formula is C6H10N4OS2. The third-order valence-corrected chi connectivity index (χ3v) is 3.28. The van der Waals surface area contributed by atoms with Crippen LogP contribution in [0, 0.1) is 6.92 Å². The van der Waals surface area contributed by atoms with E-state index in [0.29, 0.717) is 10.9 Å². The lowest BCUT2D eigenvalue weighted by Gasteiger charge is -2.03. The summed E-state index contributed by atoms with van der Waals surface area (Å²) in [4.78, 5) is 11.3. The Hall–Kier alpha value is -0.690. The molecule has 7 heteroatoms. The molecule has 1 aromatic heterocycles. The molecule has 1 heterocycles. The first-order valence-corrected chi connectivity index (χ1v) is 5.88. The molecule has 2 N–H and O–H groups in total. The van der Waals surface area contributed by atoms with Crippen LogP contribution in [0.3, 0.4) is 0 Å². The summed E-state index contributed by atoms with van der Waals surface area (Å²) in [6.07, 6.45) is 1.97. The average molecular weight is 218 g/mol. The minimum absolute atomic E-state index is 0.293. The molecule has 1 rings (SSSR count). The second kappa shape index (κ2) is 4.52. The summed E-state index contributed by atoms with van der Waals surface area (Å²) in [6.45, 7) is 1.59. The van der Waals surface area contributed by atoms with Crippen LogP contribution in [0.25, 0.3) is 0 Å². The molecule has 0 saturated heterocycles. The van der Waals surface area contributed by atoms with E-state index in [1.165, 1.54) is 11.8 Å². The summed E-state index contributed by atoms with van der Waals surface area (Å²) in [5, 5.41) is 8.76. The first kappa shape index (κ1) is 10.4. The Morgan fingerprint density at radius 2 is 2.23 bits per heavy atom. The number of rotatable bonds is 3. The molecular weight excluding hydrogens is 208 g/mol. The van der Waals surface area contributed by atoms with Gasteiger partial charge in [-0.15, -0.1) is 10.2 Å². The van der Waals surface area contributed by atoms with Gasteiger partial charge in [-0.3, -0.25) is 4.79 Å². The zero-order valence-electron chi connectivity index (χ0n) is 7.35. The number of nitrogens with two attached hydrogens (primary N) is 1. The van der Waals surface area contributed by atoms with Crippen molar-refractivity contribution < 1.29 is 0 Å². The Morgan fingerprint density at radius 1 is 1.54 bits per heavy atom. The van der Waals surface area contributed by atoms with E-state index < -0.39 is 0 Å². The van der Waals surface area contributed by atoms with Crippen molar-refractivity contribution in [2.24, 2.45) is 0 Å². The first-order valence-electron chi connectivity index (χ1n) is 3.50. The van der Waals surface area contributed by atoms with E-state index in [0.717, 1.165) is 9.76 Å². The molecule has 0 amide bonds. The van der Waals surface area contributed by atoms with Crippen LogP contribution in [0.5, 0.6) is 0 Å². The second-order valence-electron chi connectivity index (χ2n) is 2.29. The first-order chi connectivity index (χ1) is 6.16. The van der Waals surface area contributed by atoms with Gasteiger partial charge in [0.25, 0.3) is 5.56 Å². The molecule has 0 spiro atoms. The van der Waals surface area contributed by atoms with E-state index in [4.69, 9.17) is 5.84 Å². The lowest BCUT2D eigenvalue weighted by molar-refractivity contribution is 0.682. The molecule has 13 heavy (non-hydrogen) atoms. The van der Waals surface area contributed by atoms with E-state index in [9.17, 15) is 4.79 Å². The molecule has 5 nitrogen and oxygen atoms in total. The quantitative estimate of drug-likeness (QED) is 0.440. The van der Waals surface area contributed by atoms with E-state index in [-0.39, 0.29) is 5.56 Å². The van der Waals surface area contributed by atoms with Gasteiger partial charge in [0.1, 0.15) is 5.69 Å². The minimum atomic E-state index is -0.293. The average Bonchev–Trinajstić information content (AvgIpc) is 2.13. The number of nitrogens with zero attached hydrogens (tertiary/aromatic N) is 3. The van der Waals surface area contributed by atoms with Crippen LogP contribution in [-0.4, -0.2) is 26.2 Å². The molecule has 72 valence electrons. The molecule has 0 aliphatic heterocycles. The smallest absolute Gasteiger partial charge is 0.294 e. The highest BCUT2D eigenvalue weighted by molar-refractivity contribution is 8.15. The van der Waals surface area contributed by atoms with E-state index in [1.54, 1.807) is 18.7 Å². The molecule has 1 aromatic rings. The molecule has 0 aromatic carbocycles. The van der Waals surface area contributed by atoms with Gasteiger partial charge in [-0.2, -0.15) is 16.4 Å². The molecule has 0 atom stereocenters. The van der Waals surface area contributed by atoms with Crippen molar-refractivity contribution >= 4 is 23.5 Å². The van der Waals surface area contributed by atoms with Crippen molar-refractivity contribution in [1.29, 1.82) is 0 Å². The molecule has 0 radical (unpaired) electrons. The Morgan fingerprint density at radius 3 is 2.85 bits per heavy atom. The Labute approximate surface area is 84.1 Å². The van der Waals surface area contributed by atoms with Gasteiger partial charge in [0.05, 0.1) is 0 Å². The predicted molar refractivity (Wildman–Crippen MR) is 55.4 cm³/mol. The molecule has 0 saturated carbocycles. The fourth-order valence-electron chi connectivity index (χ4n) is 0.680. The van der Waals surface area contributed by atoms with E-state index in [2.05, 4.69) is 10.2 Å². The third kappa shape index (κ3) is 2.38. The Bertz CT molecular complexity index is 351. The standard InChI is InChI=1S/C6H10N4OS2/c1-4-5(11)10(7)6(9-8-4)13-3-12-2/h3,7H2,1-2H3. The van der Waals surface area contributed by atoms with Gasteiger partial charge < -0.3 is 5.84 Å². The molecule has 0 unspecified atom stereocenters. The maximum atomic E-state index is 11.3. The zero-order valence-corrected chi connectivity index (χ0v) is 8.98. The lowest BCUT2D eigenvalue weighted by Crippen LogP contribution is -2.32. The van der Waals surface area contributed by atoms with Gasteiger partial charge in [-0.1, -0.05) is 11.8 Å². The highest BCUT2D eigenvalue weighted by atomic mass is 32.2. The number of thioether (sulfide) groups is 2. The van der Waals surface area contributed by atoms with Crippen molar-refractivity contribution in [2.75, 3.05) is 17.2 Å². The summed E-state index contributed by atoms with van der Waals surface area (Å²) in [5.41, 5.74) is 0.0228.